The van der Waals surface area contributed by atoms with E-state index in [1.165, 1.54) is 5.56 Å². The van der Waals surface area contributed by atoms with E-state index in [2.05, 4.69) is 33.5 Å². The van der Waals surface area contributed by atoms with Gasteiger partial charge in [0.25, 0.3) is 0 Å². The number of halogens is 2. The molecule has 1 aromatic heterocycles. The van der Waals surface area contributed by atoms with Gasteiger partial charge in [0, 0.05) is 50.2 Å². The van der Waals surface area contributed by atoms with E-state index in [1.54, 1.807) is 13.3 Å². The highest BCUT2D eigenvalue weighted by Gasteiger charge is 2.35. The Morgan fingerprint density at radius 2 is 2.15 bits per heavy atom. The molecule has 8 heteroatoms. The van der Waals surface area contributed by atoms with Crippen LogP contribution in [-0.2, 0) is 17.8 Å². The summed E-state index contributed by atoms with van der Waals surface area (Å²) in [6.45, 7) is 5.49. The van der Waals surface area contributed by atoms with E-state index in [-0.39, 0.29) is 24.8 Å². The molecule has 0 bridgehead atoms. The Morgan fingerprint density at radius 1 is 1.27 bits per heavy atom. The Bertz CT molecular complexity index is 670. The molecule has 6 nitrogen and oxygen atoms in total. The quantitative estimate of drug-likeness (QED) is 0.830. The van der Waals surface area contributed by atoms with E-state index in [4.69, 9.17) is 9.47 Å². The normalized spacial score (nSPS) is 22.2. The molecule has 2 atom stereocenters. The number of benzene rings is 1. The monoisotopic (exact) mass is 400 g/mol. The summed E-state index contributed by atoms with van der Waals surface area (Å²) in [5, 5.41) is 7.85. The van der Waals surface area contributed by atoms with Crippen molar-refractivity contribution in [2.24, 2.45) is 0 Å². The van der Waals surface area contributed by atoms with Gasteiger partial charge in [0.1, 0.15) is 5.75 Å². The third kappa shape index (κ3) is 4.69. The molecule has 2 aromatic rings. The molecule has 3 heterocycles. The van der Waals surface area contributed by atoms with Crippen molar-refractivity contribution in [1.29, 1.82) is 0 Å². The first kappa shape index (κ1) is 21.0. The molecule has 0 amide bonds. The second-order valence-corrected chi connectivity index (χ2v) is 6.51. The lowest BCUT2D eigenvalue weighted by atomic mass is 10.1. The summed E-state index contributed by atoms with van der Waals surface area (Å²) in [6.07, 6.45) is 4.11. The Hall–Kier alpha value is -1.31. The average Bonchev–Trinajstić information content (AvgIpc) is 3.24. The lowest BCUT2D eigenvalue weighted by molar-refractivity contribution is 0.0175. The average molecular weight is 401 g/mol. The molecule has 0 spiro atoms. The number of rotatable bonds is 5. The molecule has 1 N–H and O–H groups in total. The van der Waals surface area contributed by atoms with Crippen molar-refractivity contribution in [3.05, 3.63) is 47.8 Å². The van der Waals surface area contributed by atoms with Crippen LogP contribution in [0, 0.1) is 0 Å². The van der Waals surface area contributed by atoms with E-state index in [9.17, 15) is 0 Å². The first-order chi connectivity index (χ1) is 11.8. The van der Waals surface area contributed by atoms with Crippen molar-refractivity contribution in [2.75, 3.05) is 33.4 Å². The summed E-state index contributed by atoms with van der Waals surface area (Å²) >= 11 is 0. The van der Waals surface area contributed by atoms with E-state index < -0.39 is 0 Å². The van der Waals surface area contributed by atoms with Crippen LogP contribution in [0.3, 0.4) is 0 Å². The number of morpholine rings is 1. The minimum Gasteiger partial charge on any atom is -0.496 e. The fraction of sp³-hybridized carbons (Fsp3) is 0.500. The summed E-state index contributed by atoms with van der Waals surface area (Å²) in [5.74, 6) is 0.911. The summed E-state index contributed by atoms with van der Waals surface area (Å²) in [5.41, 5.74) is 2.46. The van der Waals surface area contributed by atoms with Crippen LogP contribution in [0.1, 0.15) is 11.1 Å². The lowest BCUT2D eigenvalue weighted by Crippen LogP contribution is -2.47. The Balaban J connectivity index is 0.00000121. The highest BCUT2D eigenvalue weighted by Crippen LogP contribution is 2.24. The second kappa shape index (κ2) is 9.58. The SMILES string of the molecule is COc1ccc(CN2C[C@@H]3NCCO[C@H]3C2)cc1Cn1cccn1.Cl.Cl. The lowest BCUT2D eigenvalue weighted by Gasteiger charge is -2.25. The van der Waals surface area contributed by atoms with Crippen LogP contribution in [0.5, 0.6) is 5.75 Å². The van der Waals surface area contributed by atoms with Gasteiger partial charge in [-0.05, 0) is 23.8 Å². The molecule has 1 aromatic carbocycles. The maximum atomic E-state index is 5.86. The maximum Gasteiger partial charge on any atom is 0.123 e. The molecular weight excluding hydrogens is 375 g/mol. The molecule has 26 heavy (non-hydrogen) atoms. The fourth-order valence-corrected chi connectivity index (χ4v) is 3.68. The van der Waals surface area contributed by atoms with Crippen molar-refractivity contribution in [3.8, 4) is 5.75 Å². The highest BCUT2D eigenvalue weighted by atomic mass is 35.5. The number of fused-ring (bicyclic) bond motifs is 1. The van der Waals surface area contributed by atoms with Gasteiger partial charge in [-0.1, -0.05) is 6.07 Å². The van der Waals surface area contributed by atoms with Gasteiger partial charge in [-0.25, -0.2) is 0 Å². The minimum atomic E-state index is 0. The van der Waals surface area contributed by atoms with Crippen LogP contribution in [0.15, 0.2) is 36.7 Å². The molecule has 0 saturated carbocycles. The number of hydrogen-bond donors (Lipinski definition) is 1. The van der Waals surface area contributed by atoms with Gasteiger partial charge in [0.15, 0.2) is 0 Å². The number of ether oxygens (including phenoxy) is 2. The predicted molar refractivity (Wildman–Crippen MR) is 106 cm³/mol. The third-order valence-corrected chi connectivity index (χ3v) is 4.82. The van der Waals surface area contributed by atoms with Gasteiger partial charge in [-0.3, -0.25) is 9.58 Å². The van der Waals surface area contributed by atoms with Crippen molar-refractivity contribution in [2.45, 2.75) is 25.2 Å². The molecule has 2 saturated heterocycles. The number of nitrogens with zero attached hydrogens (tertiary/aromatic N) is 3. The van der Waals surface area contributed by atoms with Gasteiger partial charge in [-0.2, -0.15) is 5.10 Å². The van der Waals surface area contributed by atoms with Crippen LogP contribution in [0.25, 0.3) is 0 Å². The first-order valence-corrected chi connectivity index (χ1v) is 8.52. The summed E-state index contributed by atoms with van der Waals surface area (Å²) in [4.78, 5) is 2.47. The second-order valence-electron chi connectivity index (χ2n) is 6.51. The third-order valence-electron chi connectivity index (χ3n) is 4.82. The number of hydrogen-bond acceptors (Lipinski definition) is 5. The van der Waals surface area contributed by atoms with Crippen LogP contribution >= 0.6 is 24.8 Å². The molecule has 4 rings (SSSR count). The molecule has 0 aliphatic carbocycles. The topological polar surface area (TPSA) is 51.6 Å². The van der Waals surface area contributed by atoms with Gasteiger partial charge < -0.3 is 14.8 Å². The molecule has 2 aliphatic heterocycles. The van der Waals surface area contributed by atoms with E-state index in [1.807, 2.05) is 16.9 Å². The molecule has 144 valence electrons. The van der Waals surface area contributed by atoms with E-state index >= 15 is 0 Å². The van der Waals surface area contributed by atoms with Crippen molar-refractivity contribution in [1.82, 2.24) is 20.0 Å². The molecule has 2 fully saturated rings. The predicted octanol–water partition coefficient (Wildman–Crippen LogP) is 1.96. The highest BCUT2D eigenvalue weighted by molar-refractivity contribution is 5.85. The van der Waals surface area contributed by atoms with Crippen molar-refractivity contribution >= 4 is 24.8 Å². The van der Waals surface area contributed by atoms with Crippen LogP contribution < -0.4 is 10.1 Å². The Kier molecular flexibility index (Phi) is 7.73. The largest absolute Gasteiger partial charge is 0.496 e. The number of aromatic nitrogens is 2. The van der Waals surface area contributed by atoms with Gasteiger partial charge in [-0.15, -0.1) is 24.8 Å². The fourth-order valence-electron chi connectivity index (χ4n) is 3.68. The number of likely N-dealkylation sites (tertiary alicyclic amines) is 1. The zero-order chi connectivity index (χ0) is 16.4. The smallest absolute Gasteiger partial charge is 0.123 e. The maximum absolute atomic E-state index is 5.86. The summed E-state index contributed by atoms with van der Waals surface area (Å²) in [6, 6.07) is 8.86. The van der Waals surface area contributed by atoms with Gasteiger partial charge in [0.2, 0.25) is 0 Å². The van der Waals surface area contributed by atoms with Crippen LogP contribution in [-0.4, -0.2) is 60.2 Å². The molecule has 0 unspecified atom stereocenters. The zero-order valence-electron chi connectivity index (χ0n) is 14.8. The van der Waals surface area contributed by atoms with Crippen molar-refractivity contribution < 1.29 is 9.47 Å². The Labute approximate surface area is 166 Å². The minimum absolute atomic E-state index is 0. The standard InChI is InChI=1S/C18H24N4O2.2ClH/c1-23-17-4-3-14(9-15(17)11-22-7-2-5-20-22)10-21-12-16-18(13-21)24-8-6-19-16;;/h2-5,7,9,16,18-19H,6,8,10-13H2,1H3;2*1H/t16-,18-;;/m0../s1. The van der Waals surface area contributed by atoms with Crippen LogP contribution in [0.4, 0.5) is 0 Å². The molecular formula is C18H26Cl2N4O2. The number of methoxy groups -OCH3 is 1. The first-order valence-electron chi connectivity index (χ1n) is 8.52. The van der Waals surface area contributed by atoms with Crippen LogP contribution in [0.2, 0.25) is 0 Å². The molecule has 2 aliphatic rings. The van der Waals surface area contributed by atoms with E-state index in [0.29, 0.717) is 12.1 Å². The van der Waals surface area contributed by atoms with Gasteiger partial charge in [0.05, 0.1) is 26.4 Å². The Morgan fingerprint density at radius 3 is 2.88 bits per heavy atom. The summed E-state index contributed by atoms with van der Waals surface area (Å²) in [7, 11) is 1.72. The van der Waals surface area contributed by atoms with Gasteiger partial charge >= 0.3 is 0 Å². The molecule has 0 radical (unpaired) electrons. The summed E-state index contributed by atoms with van der Waals surface area (Å²) < 4.78 is 13.3. The van der Waals surface area contributed by atoms with Crippen molar-refractivity contribution in [3.63, 3.8) is 0 Å². The van der Waals surface area contributed by atoms with E-state index in [0.717, 1.165) is 50.6 Å². The zero-order valence-corrected chi connectivity index (χ0v) is 16.5. The number of nitrogens with one attached hydrogen (secondary N) is 1.